The van der Waals surface area contributed by atoms with Crippen LogP contribution in [-0.2, 0) is 20.1 Å². The van der Waals surface area contributed by atoms with E-state index in [1.165, 1.54) is 38.9 Å². The van der Waals surface area contributed by atoms with Crippen LogP contribution in [0.1, 0.15) is 11.1 Å². The molecule has 0 saturated carbocycles. The van der Waals surface area contributed by atoms with Crippen LogP contribution in [0.3, 0.4) is 0 Å². The Morgan fingerprint density at radius 3 is 2.00 bits per heavy atom. The zero-order valence-electron chi connectivity index (χ0n) is 25.6. The van der Waals surface area contributed by atoms with Crippen molar-refractivity contribution in [2.45, 2.75) is 13.8 Å². The van der Waals surface area contributed by atoms with Crippen LogP contribution in [0.4, 0.5) is 11.4 Å². The topological polar surface area (TPSA) is 37.8 Å². The molecule has 4 heteroatoms. The molecule has 1 N–H and O–H groups in total. The summed E-state index contributed by atoms with van der Waals surface area (Å²) in [6.45, 7) is 4.34. The van der Waals surface area contributed by atoms with E-state index in [9.17, 15) is 0 Å². The summed E-state index contributed by atoms with van der Waals surface area (Å²) in [4.78, 5) is 9.01. The Morgan fingerprint density at radius 2 is 1.26 bits per heavy atom. The molecule has 0 saturated heterocycles. The van der Waals surface area contributed by atoms with Crippen LogP contribution in [0.2, 0.25) is 0 Å². The molecule has 0 unspecified atom stereocenters. The number of hydrogen-bond acceptors (Lipinski definition) is 3. The Morgan fingerprint density at radius 1 is 0.543 bits per heavy atom. The fourth-order valence-electron chi connectivity index (χ4n) is 5.84. The van der Waals surface area contributed by atoms with Crippen molar-refractivity contribution in [3.8, 4) is 55.9 Å². The van der Waals surface area contributed by atoms with E-state index in [4.69, 9.17) is 4.98 Å². The van der Waals surface area contributed by atoms with Crippen molar-refractivity contribution in [3.63, 3.8) is 0 Å². The number of benzene rings is 5. The van der Waals surface area contributed by atoms with Crippen LogP contribution < -0.4 is 5.32 Å². The van der Waals surface area contributed by atoms with E-state index < -0.39 is 0 Å². The predicted octanol–water partition coefficient (Wildman–Crippen LogP) is 10.8. The number of pyridine rings is 2. The third-order valence-corrected chi connectivity index (χ3v) is 8.21. The fraction of sp³-hybridized carbons (Fsp3) is 0.0476. The average Bonchev–Trinajstić information content (AvgIpc) is 3.10. The van der Waals surface area contributed by atoms with Gasteiger partial charge in [-0.1, -0.05) is 90.5 Å². The largest absolute Gasteiger partial charge is 0.394 e. The van der Waals surface area contributed by atoms with Crippen molar-refractivity contribution in [2.24, 2.45) is 0 Å². The summed E-state index contributed by atoms with van der Waals surface area (Å²) < 4.78 is 0. The Bertz CT molecular complexity index is 2050. The second-order valence-electron chi connectivity index (χ2n) is 11.1. The first-order chi connectivity index (χ1) is 22.2. The number of aromatic nitrogens is 2. The van der Waals surface area contributed by atoms with Gasteiger partial charge in [-0.3, -0.25) is 0 Å². The van der Waals surface area contributed by atoms with Crippen molar-refractivity contribution in [1.29, 1.82) is 0 Å². The molecular weight excluding hydrogens is 739 g/mol. The van der Waals surface area contributed by atoms with Gasteiger partial charge in [0.25, 0.3) is 0 Å². The average molecular weight is 770 g/mol. The van der Waals surface area contributed by atoms with Crippen LogP contribution >= 0.6 is 0 Å². The van der Waals surface area contributed by atoms with Crippen molar-refractivity contribution in [3.05, 3.63) is 169 Å². The van der Waals surface area contributed by atoms with Gasteiger partial charge in [-0.05, 0) is 76.4 Å². The first kappa shape index (κ1) is 30.9. The second-order valence-corrected chi connectivity index (χ2v) is 11.1. The Kier molecular flexibility index (Phi) is 9.30. The van der Waals surface area contributed by atoms with Gasteiger partial charge in [-0.2, -0.15) is 0 Å². The molecular formula is C42H31IrN3-2. The summed E-state index contributed by atoms with van der Waals surface area (Å²) in [5, 5.41) is 3.65. The molecule has 7 aromatic rings. The van der Waals surface area contributed by atoms with Crippen LogP contribution in [0, 0.1) is 26.0 Å². The molecule has 2 bridgehead atoms. The van der Waals surface area contributed by atoms with E-state index in [-0.39, 0.29) is 20.1 Å². The third-order valence-electron chi connectivity index (χ3n) is 8.21. The molecule has 2 aromatic heterocycles. The Labute approximate surface area is 284 Å². The zero-order chi connectivity index (χ0) is 30.6. The zero-order valence-corrected chi connectivity index (χ0v) is 28.0. The molecule has 0 atom stereocenters. The van der Waals surface area contributed by atoms with E-state index >= 15 is 0 Å². The Balaban J connectivity index is 0.000000241. The van der Waals surface area contributed by atoms with Gasteiger partial charge >= 0.3 is 0 Å². The molecule has 3 heterocycles. The van der Waals surface area contributed by atoms with Crippen LogP contribution in [0.5, 0.6) is 0 Å². The minimum atomic E-state index is 0. The predicted molar refractivity (Wildman–Crippen MR) is 186 cm³/mol. The van der Waals surface area contributed by atoms with E-state index in [2.05, 4.69) is 127 Å². The van der Waals surface area contributed by atoms with Crippen molar-refractivity contribution in [2.75, 3.05) is 5.32 Å². The van der Waals surface area contributed by atoms with E-state index in [0.29, 0.717) is 0 Å². The first-order valence-corrected chi connectivity index (χ1v) is 15.1. The van der Waals surface area contributed by atoms with Crippen LogP contribution in [-0.4, -0.2) is 9.97 Å². The summed E-state index contributed by atoms with van der Waals surface area (Å²) in [7, 11) is 0. The first-order valence-electron chi connectivity index (χ1n) is 15.1. The quantitative estimate of drug-likeness (QED) is 0.182. The van der Waals surface area contributed by atoms with E-state index in [0.717, 1.165) is 39.5 Å². The molecule has 5 aromatic carbocycles. The number of fused-ring (bicyclic) bond motifs is 6. The summed E-state index contributed by atoms with van der Waals surface area (Å²) in [6.07, 6.45) is 3.75. The number of nitrogens with zero attached hydrogens (tertiary/aromatic N) is 2. The molecule has 0 spiro atoms. The SMILES string of the molecule is Cc1ccccc1-c1ccc(-c2[c-]cc3c(c2)-c2cccc(c2C)-c2ccccc2N3)nc1.[Ir].[c-]1ccccc1-c1ccccn1. The smallest absolute Gasteiger partial charge is 0.0381 e. The standard InChI is InChI=1S/C31H23N2.C11H8N.Ir/c1-20-8-3-4-9-24(20)23-15-16-29(32-19-23)22-14-17-31-28(18-22)26-12-7-11-25(21(26)2)27-10-5-6-13-30(27)33-31;1-2-6-10(7-3-1)11-8-4-5-9-12-11;/h3-13,15-19,33H,1-2H3;1-6,8-9H;/q2*-1;. The molecule has 0 aliphatic carbocycles. The van der Waals surface area contributed by atoms with Gasteiger partial charge in [0.1, 0.15) is 0 Å². The van der Waals surface area contributed by atoms with Crippen LogP contribution in [0.15, 0.2) is 146 Å². The molecule has 8 rings (SSSR count). The molecule has 0 fully saturated rings. The summed E-state index contributed by atoms with van der Waals surface area (Å²) in [5.74, 6) is 0. The maximum atomic E-state index is 4.79. The molecule has 1 aliphatic rings. The van der Waals surface area contributed by atoms with E-state index in [1.54, 1.807) is 6.20 Å². The van der Waals surface area contributed by atoms with Gasteiger partial charge in [0.2, 0.25) is 0 Å². The molecule has 46 heavy (non-hydrogen) atoms. The maximum absolute atomic E-state index is 4.79. The summed E-state index contributed by atoms with van der Waals surface area (Å²) in [5.41, 5.74) is 15.9. The summed E-state index contributed by atoms with van der Waals surface area (Å²) in [6, 6.07) is 52.2. The minimum absolute atomic E-state index is 0. The second kappa shape index (κ2) is 13.9. The molecule has 1 aliphatic heterocycles. The van der Waals surface area contributed by atoms with Gasteiger partial charge in [-0.15, -0.1) is 59.7 Å². The number of rotatable bonds is 3. The Hall–Kier alpha value is -5.15. The van der Waals surface area contributed by atoms with Gasteiger partial charge in [-0.25, -0.2) is 0 Å². The number of aryl methyl sites for hydroxylation is 1. The van der Waals surface area contributed by atoms with Gasteiger partial charge in [0.05, 0.1) is 0 Å². The maximum Gasteiger partial charge on any atom is 0.0381 e. The van der Waals surface area contributed by atoms with Crippen LogP contribution in [0.25, 0.3) is 55.9 Å². The van der Waals surface area contributed by atoms with Gasteiger partial charge in [0, 0.05) is 43.7 Å². The molecule has 0 amide bonds. The number of hydrogen-bond donors (Lipinski definition) is 1. The monoisotopic (exact) mass is 770 g/mol. The molecule has 1 radical (unpaired) electrons. The number of anilines is 2. The van der Waals surface area contributed by atoms with E-state index in [1.807, 2.05) is 48.7 Å². The fourth-order valence-corrected chi connectivity index (χ4v) is 5.84. The molecule has 225 valence electrons. The number of nitrogens with one attached hydrogen (secondary N) is 1. The van der Waals surface area contributed by atoms with Crippen molar-refractivity contribution in [1.82, 2.24) is 9.97 Å². The van der Waals surface area contributed by atoms with Gasteiger partial charge < -0.3 is 15.3 Å². The molecule has 3 nitrogen and oxygen atoms in total. The normalized spacial score (nSPS) is 10.8. The van der Waals surface area contributed by atoms with Gasteiger partial charge in [0.15, 0.2) is 0 Å². The summed E-state index contributed by atoms with van der Waals surface area (Å²) >= 11 is 0. The minimum Gasteiger partial charge on any atom is -0.394 e. The third kappa shape index (κ3) is 6.32. The van der Waals surface area contributed by atoms with Crippen molar-refractivity contribution >= 4 is 11.4 Å². The number of para-hydroxylation sites is 1. The van der Waals surface area contributed by atoms with Crippen molar-refractivity contribution < 1.29 is 20.1 Å².